The summed E-state index contributed by atoms with van der Waals surface area (Å²) in [7, 11) is 0. The largest absolute Gasteiger partial charge is 0.326 e. The SMILES string of the molecule is NCc1ccc(Br)cc1-n1cc(Cl)cn1. The lowest BCUT2D eigenvalue weighted by atomic mass is 10.2. The van der Waals surface area contributed by atoms with Gasteiger partial charge < -0.3 is 5.73 Å². The molecule has 1 aromatic carbocycles. The Balaban J connectivity index is 2.55. The molecular formula is C10H9BrClN3. The van der Waals surface area contributed by atoms with Crippen molar-refractivity contribution in [3.63, 3.8) is 0 Å². The number of rotatable bonds is 2. The van der Waals surface area contributed by atoms with Crippen molar-refractivity contribution in [1.29, 1.82) is 0 Å². The first kappa shape index (κ1) is 10.7. The van der Waals surface area contributed by atoms with Crippen LogP contribution in [-0.2, 0) is 6.54 Å². The normalized spacial score (nSPS) is 10.6. The van der Waals surface area contributed by atoms with E-state index in [1.54, 1.807) is 17.1 Å². The van der Waals surface area contributed by atoms with Gasteiger partial charge in [-0.15, -0.1) is 0 Å². The minimum absolute atomic E-state index is 0.472. The van der Waals surface area contributed by atoms with E-state index in [0.29, 0.717) is 11.6 Å². The molecule has 2 rings (SSSR count). The Morgan fingerprint density at radius 1 is 1.47 bits per heavy atom. The highest BCUT2D eigenvalue weighted by atomic mass is 79.9. The molecule has 0 atom stereocenters. The van der Waals surface area contributed by atoms with Crippen molar-refractivity contribution in [2.75, 3.05) is 0 Å². The van der Waals surface area contributed by atoms with E-state index in [0.717, 1.165) is 15.7 Å². The molecule has 3 nitrogen and oxygen atoms in total. The zero-order valence-electron chi connectivity index (χ0n) is 7.82. The van der Waals surface area contributed by atoms with Crippen LogP contribution in [0.25, 0.3) is 5.69 Å². The highest BCUT2D eigenvalue weighted by Crippen LogP contribution is 2.20. The molecule has 0 aliphatic carbocycles. The van der Waals surface area contributed by atoms with Gasteiger partial charge in [-0.3, -0.25) is 0 Å². The molecule has 0 amide bonds. The smallest absolute Gasteiger partial charge is 0.0790 e. The van der Waals surface area contributed by atoms with Gasteiger partial charge >= 0.3 is 0 Å². The van der Waals surface area contributed by atoms with Crippen LogP contribution in [0.1, 0.15) is 5.56 Å². The first-order chi connectivity index (χ1) is 7.20. The number of halogens is 2. The molecule has 0 saturated carbocycles. The van der Waals surface area contributed by atoms with Crippen molar-refractivity contribution in [3.8, 4) is 5.69 Å². The monoisotopic (exact) mass is 285 g/mol. The fourth-order valence-corrected chi connectivity index (χ4v) is 1.84. The first-order valence-corrected chi connectivity index (χ1v) is 5.57. The number of benzene rings is 1. The van der Waals surface area contributed by atoms with Gasteiger partial charge in [-0.1, -0.05) is 33.6 Å². The average molecular weight is 287 g/mol. The van der Waals surface area contributed by atoms with E-state index in [2.05, 4.69) is 21.0 Å². The zero-order chi connectivity index (χ0) is 10.8. The second kappa shape index (κ2) is 4.35. The molecule has 0 radical (unpaired) electrons. The minimum atomic E-state index is 0.472. The van der Waals surface area contributed by atoms with Gasteiger partial charge in [0, 0.05) is 17.2 Å². The summed E-state index contributed by atoms with van der Waals surface area (Å²) in [5.74, 6) is 0. The molecule has 0 bridgehead atoms. The lowest BCUT2D eigenvalue weighted by Gasteiger charge is -2.07. The Kier molecular flexibility index (Phi) is 3.09. The summed E-state index contributed by atoms with van der Waals surface area (Å²) in [6, 6.07) is 5.89. The molecule has 2 aromatic rings. The van der Waals surface area contributed by atoms with Gasteiger partial charge in [0.25, 0.3) is 0 Å². The Morgan fingerprint density at radius 2 is 2.27 bits per heavy atom. The van der Waals surface area contributed by atoms with Gasteiger partial charge in [-0.25, -0.2) is 4.68 Å². The van der Waals surface area contributed by atoms with Gasteiger partial charge in [0.05, 0.1) is 16.9 Å². The first-order valence-electron chi connectivity index (χ1n) is 4.40. The van der Waals surface area contributed by atoms with Gasteiger partial charge in [-0.2, -0.15) is 5.10 Å². The number of hydrogen-bond acceptors (Lipinski definition) is 2. The van der Waals surface area contributed by atoms with E-state index < -0.39 is 0 Å². The molecule has 0 fully saturated rings. The average Bonchev–Trinajstić information content (AvgIpc) is 2.65. The number of nitrogens with zero attached hydrogens (tertiary/aromatic N) is 2. The van der Waals surface area contributed by atoms with Gasteiger partial charge in [0.2, 0.25) is 0 Å². The lowest BCUT2D eigenvalue weighted by molar-refractivity contribution is 0.858. The fourth-order valence-electron chi connectivity index (χ4n) is 1.36. The molecule has 1 aromatic heterocycles. The molecule has 1 heterocycles. The summed E-state index contributed by atoms with van der Waals surface area (Å²) < 4.78 is 2.70. The predicted octanol–water partition coefficient (Wildman–Crippen LogP) is 2.75. The van der Waals surface area contributed by atoms with Crippen LogP contribution in [0.2, 0.25) is 5.02 Å². The van der Waals surface area contributed by atoms with E-state index in [1.165, 1.54) is 0 Å². The van der Waals surface area contributed by atoms with Crippen LogP contribution in [0.3, 0.4) is 0 Å². The second-order valence-corrected chi connectivity index (χ2v) is 4.43. The summed E-state index contributed by atoms with van der Waals surface area (Å²) in [4.78, 5) is 0. The second-order valence-electron chi connectivity index (χ2n) is 3.08. The van der Waals surface area contributed by atoms with Crippen LogP contribution in [-0.4, -0.2) is 9.78 Å². The Hall–Kier alpha value is -0.840. The van der Waals surface area contributed by atoms with Crippen molar-refractivity contribution in [1.82, 2.24) is 9.78 Å². The Morgan fingerprint density at radius 3 is 2.87 bits per heavy atom. The molecule has 0 aliphatic heterocycles. The third kappa shape index (κ3) is 2.22. The molecule has 15 heavy (non-hydrogen) atoms. The van der Waals surface area contributed by atoms with Crippen LogP contribution in [0.5, 0.6) is 0 Å². The summed E-state index contributed by atoms with van der Waals surface area (Å²) in [6.45, 7) is 0.472. The molecule has 0 aliphatic rings. The van der Waals surface area contributed by atoms with Crippen molar-refractivity contribution < 1.29 is 0 Å². The molecule has 0 unspecified atom stereocenters. The molecule has 0 saturated heterocycles. The van der Waals surface area contributed by atoms with E-state index in [4.69, 9.17) is 17.3 Å². The predicted molar refractivity (Wildman–Crippen MR) is 64.2 cm³/mol. The molecule has 78 valence electrons. The van der Waals surface area contributed by atoms with E-state index in [1.807, 2.05) is 18.2 Å². The van der Waals surface area contributed by atoms with Crippen molar-refractivity contribution in [2.45, 2.75) is 6.54 Å². The van der Waals surface area contributed by atoms with Crippen molar-refractivity contribution in [3.05, 3.63) is 45.7 Å². The summed E-state index contributed by atoms with van der Waals surface area (Å²) >= 11 is 9.23. The maximum absolute atomic E-state index is 5.82. The fraction of sp³-hybridized carbons (Fsp3) is 0.100. The maximum atomic E-state index is 5.82. The topological polar surface area (TPSA) is 43.8 Å². The number of nitrogens with two attached hydrogens (primary N) is 1. The molecule has 0 spiro atoms. The summed E-state index contributed by atoms with van der Waals surface area (Å²) in [5, 5.41) is 4.75. The number of aromatic nitrogens is 2. The zero-order valence-corrected chi connectivity index (χ0v) is 10.2. The summed E-state index contributed by atoms with van der Waals surface area (Å²) in [5.41, 5.74) is 7.62. The van der Waals surface area contributed by atoms with Gasteiger partial charge in [-0.05, 0) is 17.7 Å². The molecule has 5 heteroatoms. The highest BCUT2D eigenvalue weighted by molar-refractivity contribution is 9.10. The maximum Gasteiger partial charge on any atom is 0.0790 e. The standard InChI is InChI=1S/C10H9BrClN3/c11-8-2-1-7(4-13)10(3-8)15-6-9(12)5-14-15/h1-3,5-6H,4,13H2. The van der Waals surface area contributed by atoms with E-state index >= 15 is 0 Å². The van der Waals surface area contributed by atoms with Crippen molar-refractivity contribution in [2.24, 2.45) is 5.73 Å². The quantitative estimate of drug-likeness (QED) is 0.922. The minimum Gasteiger partial charge on any atom is -0.326 e. The molecule has 2 N–H and O–H groups in total. The van der Waals surface area contributed by atoms with E-state index in [-0.39, 0.29) is 0 Å². The Labute approximate surface area is 101 Å². The highest BCUT2D eigenvalue weighted by Gasteiger charge is 2.05. The lowest BCUT2D eigenvalue weighted by Crippen LogP contribution is -2.04. The van der Waals surface area contributed by atoms with Crippen LogP contribution in [0.4, 0.5) is 0 Å². The van der Waals surface area contributed by atoms with Gasteiger partial charge in [0.1, 0.15) is 0 Å². The molecular weight excluding hydrogens is 277 g/mol. The Bertz CT molecular complexity index is 481. The van der Waals surface area contributed by atoms with Crippen LogP contribution < -0.4 is 5.73 Å². The van der Waals surface area contributed by atoms with Crippen molar-refractivity contribution >= 4 is 27.5 Å². The third-order valence-corrected chi connectivity index (χ3v) is 2.75. The number of hydrogen-bond donors (Lipinski definition) is 1. The van der Waals surface area contributed by atoms with Gasteiger partial charge in [0.15, 0.2) is 0 Å². The van der Waals surface area contributed by atoms with Crippen LogP contribution in [0, 0.1) is 0 Å². The van der Waals surface area contributed by atoms with E-state index in [9.17, 15) is 0 Å². The third-order valence-electron chi connectivity index (χ3n) is 2.07. The van der Waals surface area contributed by atoms with Crippen LogP contribution >= 0.6 is 27.5 Å². The summed E-state index contributed by atoms with van der Waals surface area (Å²) in [6.07, 6.45) is 3.35. The van der Waals surface area contributed by atoms with Crippen LogP contribution in [0.15, 0.2) is 35.1 Å².